The number of halogens is 1. The van der Waals surface area contributed by atoms with Crippen molar-refractivity contribution in [1.82, 2.24) is 19.5 Å². The van der Waals surface area contributed by atoms with Crippen molar-refractivity contribution in [3.8, 4) is 5.88 Å². The van der Waals surface area contributed by atoms with Crippen molar-refractivity contribution in [2.45, 2.75) is 26.3 Å². The van der Waals surface area contributed by atoms with Crippen LogP contribution in [0.1, 0.15) is 36.8 Å². The second kappa shape index (κ2) is 6.38. The number of piperidine rings is 1. The molecule has 1 N–H and O–H groups in total. The fourth-order valence-corrected chi connectivity index (χ4v) is 5.06. The van der Waals surface area contributed by atoms with Crippen LogP contribution in [0.25, 0.3) is 4.96 Å². The third kappa shape index (κ3) is 3.02. The van der Waals surface area contributed by atoms with Gasteiger partial charge in [0.05, 0.1) is 10.9 Å². The quantitative estimate of drug-likeness (QED) is 0.774. The van der Waals surface area contributed by atoms with Crippen LogP contribution in [0.5, 0.6) is 5.88 Å². The smallest absolute Gasteiger partial charge is 0.230 e. The Morgan fingerprint density at radius 1 is 1.20 bits per heavy atom. The summed E-state index contributed by atoms with van der Waals surface area (Å²) in [6.07, 6.45) is 2.64. The molecule has 0 aliphatic carbocycles. The molecule has 0 radical (unpaired) electrons. The molecule has 1 saturated heterocycles. The maximum Gasteiger partial charge on any atom is 0.230 e. The zero-order chi connectivity index (χ0) is 17.6. The largest absolute Gasteiger partial charge is 0.492 e. The van der Waals surface area contributed by atoms with Crippen molar-refractivity contribution in [2.75, 3.05) is 13.1 Å². The number of benzene rings is 1. The van der Waals surface area contributed by atoms with Crippen molar-refractivity contribution in [3.05, 3.63) is 46.9 Å². The molecule has 0 bridgehead atoms. The van der Waals surface area contributed by atoms with Crippen LogP contribution in [-0.4, -0.2) is 37.7 Å². The first-order chi connectivity index (χ1) is 12.0. The van der Waals surface area contributed by atoms with Crippen LogP contribution >= 0.6 is 11.3 Å². The van der Waals surface area contributed by atoms with E-state index in [1.165, 1.54) is 40.7 Å². The summed E-state index contributed by atoms with van der Waals surface area (Å²) in [5, 5.41) is 14.8. The molecular weight excluding hydrogens is 339 g/mol. The van der Waals surface area contributed by atoms with Crippen molar-refractivity contribution in [2.24, 2.45) is 11.8 Å². The maximum atomic E-state index is 13.4. The second-order valence-corrected chi connectivity index (χ2v) is 8.11. The van der Waals surface area contributed by atoms with Gasteiger partial charge in [-0.15, -0.1) is 0 Å². The molecule has 3 heterocycles. The molecule has 4 rings (SSSR count). The minimum absolute atomic E-state index is 0.123. The first-order valence-electron chi connectivity index (χ1n) is 8.54. The van der Waals surface area contributed by atoms with Gasteiger partial charge in [-0.05, 0) is 36.0 Å². The minimum atomic E-state index is -0.255. The van der Waals surface area contributed by atoms with Crippen LogP contribution < -0.4 is 0 Å². The van der Waals surface area contributed by atoms with Gasteiger partial charge in [0.2, 0.25) is 10.8 Å². The average Bonchev–Trinajstić information content (AvgIpc) is 3.13. The van der Waals surface area contributed by atoms with Crippen LogP contribution in [-0.2, 0) is 0 Å². The third-order valence-electron chi connectivity index (χ3n) is 4.84. The number of likely N-dealkylation sites (tertiary alicyclic amines) is 1. The molecule has 3 atom stereocenters. The Labute approximate surface area is 149 Å². The molecule has 0 spiro atoms. The molecule has 1 fully saturated rings. The Hall–Kier alpha value is -1.99. The van der Waals surface area contributed by atoms with E-state index in [2.05, 4.69) is 28.8 Å². The zero-order valence-corrected chi connectivity index (χ0v) is 15.1. The molecule has 0 saturated carbocycles. The average molecular weight is 360 g/mol. The Bertz CT molecular complexity index is 865. The Morgan fingerprint density at radius 2 is 1.88 bits per heavy atom. The molecule has 0 unspecified atom stereocenters. The van der Waals surface area contributed by atoms with E-state index in [9.17, 15) is 9.50 Å². The monoisotopic (exact) mass is 360 g/mol. The molecule has 132 valence electrons. The van der Waals surface area contributed by atoms with E-state index in [1.807, 2.05) is 0 Å². The summed E-state index contributed by atoms with van der Waals surface area (Å²) in [5.74, 6) is 1.03. The predicted molar refractivity (Wildman–Crippen MR) is 95.3 cm³/mol. The summed E-state index contributed by atoms with van der Waals surface area (Å²) in [5.41, 5.74) is 0.975. The van der Waals surface area contributed by atoms with E-state index in [-0.39, 0.29) is 17.7 Å². The van der Waals surface area contributed by atoms with Crippen LogP contribution in [0, 0.1) is 17.7 Å². The highest BCUT2D eigenvalue weighted by atomic mass is 32.1. The number of rotatable bonds is 3. The summed E-state index contributed by atoms with van der Waals surface area (Å²) >= 11 is 1.44. The lowest BCUT2D eigenvalue weighted by molar-refractivity contribution is 0.112. The van der Waals surface area contributed by atoms with Crippen molar-refractivity contribution >= 4 is 16.3 Å². The van der Waals surface area contributed by atoms with Crippen molar-refractivity contribution in [1.29, 1.82) is 0 Å². The highest BCUT2D eigenvalue weighted by Gasteiger charge is 2.33. The summed E-state index contributed by atoms with van der Waals surface area (Å²) in [6, 6.07) is 6.44. The number of fused-ring (bicyclic) bond motifs is 1. The Kier molecular flexibility index (Phi) is 4.21. The van der Waals surface area contributed by atoms with E-state index in [0.29, 0.717) is 16.8 Å². The van der Waals surface area contributed by atoms with E-state index < -0.39 is 0 Å². The van der Waals surface area contributed by atoms with Gasteiger partial charge in [-0.2, -0.15) is 9.61 Å². The minimum Gasteiger partial charge on any atom is -0.492 e. The van der Waals surface area contributed by atoms with Gasteiger partial charge in [-0.1, -0.05) is 37.3 Å². The summed E-state index contributed by atoms with van der Waals surface area (Å²) in [4.78, 5) is 8.06. The molecule has 3 aromatic rings. The Balaban J connectivity index is 1.81. The number of aromatic nitrogens is 3. The molecular formula is C18H21FN4OS. The van der Waals surface area contributed by atoms with Crippen molar-refractivity contribution in [3.63, 3.8) is 0 Å². The zero-order valence-electron chi connectivity index (χ0n) is 14.3. The predicted octanol–water partition coefficient (Wildman–Crippen LogP) is 3.70. The normalized spacial score (nSPS) is 23.2. The van der Waals surface area contributed by atoms with Gasteiger partial charge >= 0.3 is 0 Å². The first-order valence-corrected chi connectivity index (χ1v) is 9.35. The van der Waals surface area contributed by atoms with Crippen LogP contribution in [0.2, 0.25) is 0 Å². The van der Waals surface area contributed by atoms with Gasteiger partial charge in [-0.25, -0.2) is 9.37 Å². The number of hydrogen-bond acceptors (Lipinski definition) is 5. The molecule has 5 nitrogen and oxygen atoms in total. The lowest BCUT2D eigenvalue weighted by atomic mass is 9.89. The lowest BCUT2D eigenvalue weighted by Crippen LogP contribution is -2.41. The summed E-state index contributed by atoms with van der Waals surface area (Å²) in [7, 11) is 0. The summed E-state index contributed by atoms with van der Waals surface area (Å²) in [6.45, 7) is 6.40. The molecule has 2 aromatic heterocycles. The molecule has 25 heavy (non-hydrogen) atoms. The van der Waals surface area contributed by atoms with Gasteiger partial charge in [0.15, 0.2) is 0 Å². The van der Waals surface area contributed by atoms with Gasteiger partial charge in [-0.3, -0.25) is 4.90 Å². The third-order valence-corrected chi connectivity index (χ3v) is 5.92. The van der Waals surface area contributed by atoms with Gasteiger partial charge in [0.25, 0.3) is 0 Å². The molecule has 1 aliphatic heterocycles. The van der Waals surface area contributed by atoms with E-state index in [4.69, 9.17) is 0 Å². The number of nitrogens with zero attached hydrogens (tertiary/aromatic N) is 4. The standard InChI is InChI=1S/C18H21FN4OS/c1-11-7-12(2)9-22(8-11)15(13-3-5-14(19)6-4-13)16-17(24)23-18(25-16)20-10-21-23/h3-6,10-12,15,24H,7-9H2,1-2H3/t11-,12-,15-/m1/s1. The van der Waals surface area contributed by atoms with Crippen molar-refractivity contribution < 1.29 is 9.50 Å². The highest BCUT2D eigenvalue weighted by Crippen LogP contribution is 2.41. The van der Waals surface area contributed by atoms with Crippen LogP contribution in [0.15, 0.2) is 30.6 Å². The topological polar surface area (TPSA) is 53.7 Å². The molecule has 0 amide bonds. The second-order valence-electron chi connectivity index (χ2n) is 7.10. The number of hydrogen-bond donors (Lipinski definition) is 1. The fourth-order valence-electron chi connectivity index (χ4n) is 3.97. The van der Waals surface area contributed by atoms with E-state index >= 15 is 0 Å². The Morgan fingerprint density at radius 3 is 2.52 bits per heavy atom. The highest BCUT2D eigenvalue weighted by molar-refractivity contribution is 7.17. The van der Waals surface area contributed by atoms with E-state index in [1.54, 1.807) is 12.1 Å². The van der Waals surface area contributed by atoms with Gasteiger partial charge in [0.1, 0.15) is 12.1 Å². The molecule has 7 heteroatoms. The number of aromatic hydroxyl groups is 1. The summed E-state index contributed by atoms with van der Waals surface area (Å²) < 4.78 is 14.9. The SMILES string of the molecule is C[C@@H]1C[C@@H](C)CN([C@H](c2ccc(F)cc2)c2sc3ncnn3c2O)C1. The molecule has 1 aromatic carbocycles. The van der Waals surface area contributed by atoms with Gasteiger partial charge < -0.3 is 5.11 Å². The van der Waals surface area contributed by atoms with Crippen LogP contribution in [0.3, 0.4) is 0 Å². The van der Waals surface area contributed by atoms with Gasteiger partial charge in [0, 0.05) is 13.1 Å². The fraction of sp³-hybridized carbons (Fsp3) is 0.444. The van der Waals surface area contributed by atoms with Crippen LogP contribution in [0.4, 0.5) is 4.39 Å². The van der Waals surface area contributed by atoms with E-state index in [0.717, 1.165) is 23.5 Å². The number of thiazole rings is 1. The maximum absolute atomic E-state index is 13.4. The molecule has 1 aliphatic rings. The lowest BCUT2D eigenvalue weighted by Gasteiger charge is -2.40. The first kappa shape index (κ1) is 16.5.